The first-order valence-electron chi connectivity index (χ1n) is 15.9. The van der Waals surface area contributed by atoms with E-state index < -0.39 is 15.8 Å². The molecule has 0 fully saturated rings. The van der Waals surface area contributed by atoms with Gasteiger partial charge in [-0.15, -0.1) is 0 Å². The van der Waals surface area contributed by atoms with Gasteiger partial charge in [-0.05, 0) is 92.0 Å². The molecule has 2 aliphatic carbocycles. The summed E-state index contributed by atoms with van der Waals surface area (Å²) in [6.07, 6.45) is 19.9. The fourth-order valence-corrected chi connectivity index (χ4v) is 12.6. The zero-order valence-electron chi connectivity index (χ0n) is 25.2. The molecule has 0 aliphatic heterocycles. The molecule has 5 aromatic carbocycles. The second-order valence-corrected chi connectivity index (χ2v) is 16.2. The second-order valence-electron chi connectivity index (χ2n) is 11.6. The van der Waals surface area contributed by atoms with Crippen LogP contribution in [0.5, 0.6) is 0 Å². The SMILES string of the molecule is C1=CCC(P(c2ccccc2)c2cc3c4ccccc4n(-c4ccccc4)c3cc2P(C2=CCCC=C2)c2ccccc2)C=C1. The number of allylic oxidation sites excluding steroid dienone is 8. The predicted octanol–water partition coefficient (Wildman–Crippen LogP) is 9.77. The van der Waals surface area contributed by atoms with Gasteiger partial charge < -0.3 is 4.57 Å². The van der Waals surface area contributed by atoms with E-state index in [1.807, 2.05) is 0 Å². The van der Waals surface area contributed by atoms with E-state index in [2.05, 4.69) is 174 Å². The summed E-state index contributed by atoms with van der Waals surface area (Å²) >= 11 is 0. The first-order valence-corrected chi connectivity index (χ1v) is 18.6. The Kier molecular flexibility index (Phi) is 7.91. The molecule has 0 amide bonds. The summed E-state index contributed by atoms with van der Waals surface area (Å²) in [5.74, 6) is 0. The number of hydrogen-bond donors (Lipinski definition) is 0. The molecule has 0 saturated carbocycles. The van der Waals surface area contributed by atoms with Crippen molar-refractivity contribution >= 4 is 58.9 Å². The van der Waals surface area contributed by atoms with E-state index >= 15 is 0 Å². The highest BCUT2D eigenvalue weighted by atomic mass is 31.1. The van der Waals surface area contributed by atoms with Crippen molar-refractivity contribution in [3.8, 4) is 5.69 Å². The smallest absolute Gasteiger partial charge is 0.0548 e. The summed E-state index contributed by atoms with van der Waals surface area (Å²) in [4.78, 5) is 0. The number of hydrogen-bond acceptors (Lipinski definition) is 0. The molecule has 218 valence electrons. The highest BCUT2D eigenvalue weighted by molar-refractivity contribution is 7.81. The molecule has 1 heterocycles. The van der Waals surface area contributed by atoms with Gasteiger partial charge in [-0.25, -0.2) is 0 Å². The van der Waals surface area contributed by atoms with Crippen LogP contribution in [-0.4, -0.2) is 10.2 Å². The Morgan fingerprint density at radius 3 is 2.00 bits per heavy atom. The molecule has 3 heteroatoms. The number of fused-ring (bicyclic) bond motifs is 3. The molecule has 0 N–H and O–H groups in total. The highest BCUT2D eigenvalue weighted by Gasteiger charge is 2.31. The van der Waals surface area contributed by atoms with E-state index in [0.717, 1.165) is 19.3 Å². The normalized spacial score (nSPS) is 17.4. The number of benzene rings is 5. The minimum absolute atomic E-state index is 0.439. The van der Waals surface area contributed by atoms with Crippen molar-refractivity contribution in [3.05, 3.63) is 175 Å². The van der Waals surface area contributed by atoms with E-state index in [4.69, 9.17) is 0 Å². The summed E-state index contributed by atoms with van der Waals surface area (Å²) in [6.45, 7) is 0. The Hall–Kier alpha value is -4.28. The Labute approximate surface area is 268 Å². The molecule has 2 aliphatic rings. The van der Waals surface area contributed by atoms with Crippen LogP contribution in [0.3, 0.4) is 0 Å². The molecule has 0 bridgehead atoms. The van der Waals surface area contributed by atoms with E-state index in [0.29, 0.717) is 5.66 Å². The Morgan fingerprint density at radius 1 is 0.578 bits per heavy atom. The van der Waals surface area contributed by atoms with E-state index in [1.54, 1.807) is 0 Å². The minimum atomic E-state index is -0.782. The van der Waals surface area contributed by atoms with Crippen LogP contribution in [0.4, 0.5) is 0 Å². The first kappa shape index (κ1) is 28.2. The number of nitrogens with zero attached hydrogens (tertiary/aromatic N) is 1. The Morgan fingerprint density at radius 2 is 1.29 bits per heavy atom. The molecule has 45 heavy (non-hydrogen) atoms. The summed E-state index contributed by atoms with van der Waals surface area (Å²) in [5.41, 5.74) is 4.18. The lowest BCUT2D eigenvalue weighted by Gasteiger charge is -2.32. The van der Waals surface area contributed by atoms with Crippen molar-refractivity contribution in [2.75, 3.05) is 0 Å². The average Bonchev–Trinajstić information content (AvgIpc) is 3.44. The molecule has 1 nitrogen and oxygen atoms in total. The second kappa shape index (κ2) is 12.6. The lowest BCUT2D eigenvalue weighted by Crippen LogP contribution is -2.32. The lowest BCUT2D eigenvalue weighted by molar-refractivity contribution is 1.03. The molecule has 0 saturated heterocycles. The van der Waals surface area contributed by atoms with Crippen molar-refractivity contribution < 1.29 is 0 Å². The van der Waals surface area contributed by atoms with Crippen LogP contribution < -0.4 is 21.2 Å². The van der Waals surface area contributed by atoms with Crippen molar-refractivity contribution in [2.45, 2.75) is 24.9 Å². The third-order valence-corrected chi connectivity index (χ3v) is 14.3. The number of aromatic nitrogens is 1. The molecule has 1 aromatic heterocycles. The molecule has 6 aromatic rings. The van der Waals surface area contributed by atoms with Crippen molar-refractivity contribution in [1.82, 2.24) is 4.57 Å². The number of para-hydroxylation sites is 2. The third-order valence-electron chi connectivity index (χ3n) is 8.86. The van der Waals surface area contributed by atoms with Crippen LogP contribution in [0, 0.1) is 0 Å². The molecule has 3 unspecified atom stereocenters. The van der Waals surface area contributed by atoms with Gasteiger partial charge in [0.15, 0.2) is 0 Å². The molecular formula is C42H35NP2. The molecule has 3 atom stereocenters. The monoisotopic (exact) mass is 615 g/mol. The standard InChI is InChI=1S/C42H35NP2/c1-6-18-32(19-7-1)43-39-29-17-16-28-37(39)38-30-41(44(33-20-8-2-9-21-33)34-22-10-3-11-23-34)42(31-40(38)43)45(35-24-12-4-13-25-35)36-26-14-5-15-27-36/h1-4,6-14,16-22,24-31,34H,5,15,23H2. The molecule has 0 radical (unpaired) electrons. The van der Waals surface area contributed by atoms with E-state index in [9.17, 15) is 0 Å². The zero-order chi connectivity index (χ0) is 30.0. The minimum Gasteiger partial charge on any atom is -0.309 e. The van der Waals surface area contributed by atoms with Gasteiger partial charge in [0.1, 0.15) is 0 Å². The largest absolute Gasteiger partial charge is 0.309 e. The fourth-order valence-electron chi connectivity index (χ4n) is 6.85. The summed E-state index contributed by atoms with van der Waals surface area (Å²) in [7, 11) is -1.47. The van der Waals surface area contributed by atoms with Gasteiger partial charge in [-0.2, -0.15) is 0 Å². The average molecular weight is 616 g/mol. The fraction of sp³-hybridized carbons (Fsp3) is 0.0952. The van der Waals surface area contributed by atoms with E-state index in [1.165, 1.54) is 54.0 Å². The van der Waals surface area contributed by atoms with Gasteiger partial charge in [-0.1, -0.05) is 140 Å². The number of rotatable bonds is 7. The van der Waals surface area contributed by atoms with E-state index in [-0.39, 0.29) is 0 Å². The van der Waals surface area contributed by atoms with Crippen molar-refractivity contribution in [2.24, 2.45) is 0 Å². The summed E-state index contributed by atoms with van der Waals surface area (Å²) < 4.78 is 2.48. The Balaban J connectivity index is 1.50. The van der Waals surface area contributed by atoms with Crippen molar-refractivity contribution in [1.29, 1.82) is 0 Å². The molecule has 0 spiro atoms. The highest BCUT2D eigenvalue weighted by Crippen LogP contribution is 2.51. The maximum atomic E-state index is 2.60. The maximum absolute atomic E-state index is 2.60. The first-order chi connectivity index (χ1) is 22.4. The maximum Gasteiger partial charge on any atom is 0.0548 e. The van der Waals surface area contributed by atoms with Gasteiger partial charge >= 0.3 is 0 Å². The van der Waals surface area contributed by atoms with Gasteiger partial charge in [0.2, 0.25) is 0 Å². The van der Waals surface area contributed by atoms with Gasteiger partial charge in [-0.3, -0.25) is 0 Å². The van der Waals surface area contributed by atoms with Crippen LogP contribution in [0.15, 0.2) is 175 Å². The molecule has 8 rings (SSSR count). The zero-order valence-corrected chi connectivity index (χ0v) is 27.0. The van der Waals surface area contributed by atoms with Crippen LogP contribution >= 0.6 is 15.8 Å². The van der Waals surface area contributed by atoms with Gasteiger partial charge in [0.25, 0.3) is 0 Å². The quantitative estimate of drug-likeness (QED) is 0.158. The van der Waals surface area contributed by atoms with Crippen molar-refractivity contribution in [3.63, 3.8) is 0 Å². The van der Waals surface area contributed by atoms with Gasteiger partial charge in [0, 0.05) is 22.1 Å². The third kappa shape index (κ3) is 5.36. The van der Waals surface area contributed by atoms with Crippen LogP contribution in [0.2, 0.25) is 0 Å². The van der Waals surface area contributed by atoms with Gasteiger partial charge in [0.05, 0.1) is 11.0 Å². The van der Waals surface area contributed by atoms with Crippen LogP contribution in [0.1, 0.15) is 19.3 Å². The summed E-state index contributed by atoms with van der Waals surface area (Å²) in [5, 5.41) is 9.97. The predicted molar refractivity (Wildman–Crippen MR) is 199 cm³/mol. The molecular weight excluding hydrogens is 580 g/mol. The van der Waals surface area contributed by atoms with Crippen LogP contribution in [0.25, 0.3) is 27.5 Å². The van der Waals surface area contributed by atoms with Crippen LogP contribution in [-0.2, 0) is 0 Å². The summed E-state index contributed by atoms with van der Waals surface area (Å²) in [6, 6.07) is 47.6. The topological polar surface area (TPSA) is 4.93 Å². The Bertz CT molecular complexity index is 2090. The lowest BCUT2D eigenvalue weighted by atomic mass is 10.1.